The molecule has 1 rings (SSSR count). The fourth-order valence-electron chi connectivity index (χ4n) is 1.80. The van der Waals surface area contributed by atoms with E-state index in [1.165, 1.54) is 30.2 Å². The van der Waals surface area contributed by atoms with E-state index >= 15 is 0 Å². The lowest BCUT2D eigenvalue weighted by molar-refractivity contribution is -0.146. The predicted octanol–water partition coefficient (Wildman–Crippen LogP) is 3.13. The van der Waals surface area contributed by atoms with Crippen LogP contribution in [0.25, 0.3) is 6.08 Å². The summed E-state index contributed by atoms with van der Waals surface area (Å²) in [6.07, 6.45) is -2.02. The molecule has 0 unspecified atom stereocenters. The second kappa shape index (κ2) is 7.80. The molecule has 4 nitrogen and oxygen atoms in total. The second-order valence-electron chi connectivity index (χ2n) is 5.09. The molecule has 1 aromatic rings. The zero-order valence-corrected chi connectivity index (χ0v) is 13.1. The van der Waals surface area contributed by atoms with Gasteiger partial charge < -0.3 is 9.64 Å². The van der Waals surface area contributed by atoms with Crippen molar-refractivity contribution in [2.75, 3.05) is 13.7 Å². The molecule has 1 amide bonds. The van der Waals surface area contributed by atoms with Gasteiger partial charge in [0.25, 0.3) is 0 Å². The third kappa shape index (κ3) is 5.77. The van der Waals surface area contributed by atoms with E-state index in [0.29, 0.717) is 0 Å². The van der Waals surface area contributed by atoms with E-state index in [2.05, 4.69) is 4.74 Å². The van der Waals surface area contributed by atoms with Gasteiger partial charge in [-0.25, -0.2) is 0 Å². The average Bonchev–Trinajstić information content (AvgIpc) is 2.49. The number of methoxy groups -OCH3 is 1. The van der Waals surface area contributed by atoms with E-state index in [1.54, 1.807) is 13.8 Å². The van der Waals surface area contributed by atoms with Crippen molar-refractivity contribution >= 4 is 18.0 Å². The van der Waals surface area contributed by atoms with Gasteiger partial charge in [-0.2, -0.15) is 13.2 Å². The minimum Gasteiger partial charge on any atom is -0.468 e. The molecule has 0 aromatic heterocycles. The molecule has 0 N–H and O–H groups in total. The van der Waals surface area contributed by atoms with Gasteiger partial charge in [0.1, 0.15) is 6.54 Å². The fraction of sp³-hybridized carbons (Fsp3) is 0.375. The molecule has 7 heteroatoms. The van der Waals surface area contributed by atoms with Crippen molar-refractivity contribution in [3.05, 3.63) is 41.5 Å². The van der Waals surface area contributed by atoms with E-state index in [9.17, 15) is 22.8 Å². The summed E-state index contributed by atoms with van der Waals surface area (Å²) in [5, 5.41) is 0. The molecular formula is C16H18F3NO3. The highest BCUT2D eigenvalue weighted by Crippen LogP contribution is 2.29. The molecule has 126 valence electrons. The van der Waals surface area contributed by atoms with Gasteiger partial charge >= 0.3 is 12.1 Å². The van der Waals surface area contributed by atoms with Crippen LogP contribution < -0.4 is 0 Å². The molecule has 0 aliphatic carbocycles. The smallest absolute Gasteiger partial charge is 0.416 e. The Balaban J connectivity index is 2.90. The zero-order valence-electron chi connectivity index (χ0n) is 13.1. The number of hydrogen-bond donors (Lipinski definition) is 0. The third-order valence-electron chi connectivity index (χ3n) is 3.07. The molecule has 0 heterocycles. The van der Waals surface area contributed by atoms with Crippen LogP contribution in [0, 0.1) is 0 Å². The Kier molecular flexibility index (Phi) is 6.36. The number of alkyl halides is 3. The first-order valence-electron chi connectivity index (χ1n) is 6.88. The molecule has 0 saturated carbocycles. The Bertz CT molecular complexity index is 594. The van der Waals surface area contributed by atoms with E-state index in [1.807, 2.05) is 0 Å². The van der Waals surface area contributed by atoms with Crippen molar-refractivity contribution in [1.29, 1.82) is 0 Å². The number of esters is 1. The van der Waals surface area contributed by atoms with Crippen molar-refractivity contribution < 1.29 is 27.5 Å². The van der Waals surface area contributed by atoms with Crippen LogP contribution in [0.5, 0.6) is 0 Å². The maximum Gasteiger partial charge on any atom is 0.416 e. The lowest BCUT2D eigenvalue weighted by Gasteiger charge is -2.24. The predicted molar refractivity (Wildman–Crippen MR) is 79.3 cm³/mol. The third-order valence-corrected chi connectivity index (χ3v) is 3.07. The van der Waals surface area contributed by atoms with E-state index in [0.717, 1.165) is 18.2 Å². The van der Waals surface area contributed by atoms with E-state index in [4.69, 9.17) is 0 Å². The molecule has 0 spiro atoms. The molecular weight excluding hydrogens is 311 g/mol. The highest BCUT2D eigenvalue weighted by atomic mass is 19.4. The largest absolute Gasteiger partial charge is 0.468 e. The van der Waals surface area contributed by atoms with Gasteiger partial charge in [-0.1, -0.05) is 12.1 Å². The summed E-state index contributed by atoms with van der Waals surface area (Å²) in [6.45, 7) is 3.22. The lowest BCUT2D eigenvalue weighted by atomic mass is 10.1. The van der Waals surface area contributed by atoms with Crippen LogP contribution in [-0.2, 0) is 20.5 Å². The Morgan fingerprint density at radius 2 is 1.96 bits per heavy atom. The van der Waals surface area contributed by atoms with Gasteiger partial charge in [0.05, 0.1) is 12.7 Å². The number of carbonyl (C=O) groups is 2. The number of nitrogens with zero attached hydrogens (tertiary/aromatic N) is 1. The molecule has 23 heavy (non-hydrogen) atoms. The van der Waals surface area contributed by atoms with Crippen LogP contribution in [0.3, 0.4) is 0 Å². The molecule has 1 aromatic carbocycles. The average molecular weight is 329 g/mol. The van der Waals surface area contributed by atoms with E-state index < -0.39 is 23.6 Å². The van der Waals surface area contributed by atoms with Crippen molar-refractivity contribution in [3.63, 3.8) is 0 Å². The summed E-state index contributed by atoms with van der Waals surface area (Å²) in [6, 6.07) is 4.37. The number of ether oxygens (including phenoxy) is 1. The van der Waals surface area contributed by atoms with Gasteiger partial charge in [0, 0.05) is 12.1 Å². The number of benzene rings is 1. The molecule has 0 atom stereocenters. The minimum atomic E-state index is -4.44. The first-order chi connectivity index (χ1) is 10.6. The molecule has 0 bridgehead atoms. The Labute approximate surface area is 132 Å². The first-order valence-corrected chi connectivity index (χ1v) is 6.88. The van der Waals surface area contributed by atoms with Crippen LogP contribution in [-0.4, -0.2) is 36.5 Å². The summed E-state index contributed by atoms with van der Waals surface area (Å²) in [7, 11) is 1.21. The SMILES string of the molecule is COC(=O)CN(C(=O)/C=C/c1cccc(C(F)(F)F)c1)C(C)C. The maximum atomic E-state index is 12.6. The van der Waals surface area contributed by atoms with Crippen molar-refractivity contribution in [2.45, 2.75) is 26.1 Å². The monoisotopic (exact) mass is 329 g/mol. The number of carbonyl (C=O) groups excluding carboxylic acids is 2. The highest BCUT2D eigenvalue weighted by molar-refractivity contribution is 5.93. The van der Waals surface area contributed by atoms with Crippen molar-refractivity contribution in [2.24, 2.45) is 0 Å². The fourth-order valence-corrected chi connectivity index (χ4v) is 1.80. The number of halogens is 3. The lowest BCUT2D eigenvalue weighted by Crippen LogP contribution is -2.40. The van der Waals surface area contributed by atoms with Crippen LogP contribution in [0.15, 0.2) is 30.3 Å². The molecule has 0 aliphatic heterocycles. The summed E-state index contributed by atoms with van der Waals surface area (Å²) in [5.41, 5.74) is -0.544. The summed E-state index contributed by atoms with van der Waals surface area (Å²) >= 11 is 0. The number of amides is 1. The molecule has 0 aliphatic rings. The van der Waals surface area contributed by atoms with Crippen LogP contribution in [0.1, 0.15) is 25.0 Å². The van der Waals surface area contributed by atoms with Crippen molar-refractivity contribution in [3.8, 4) is 0 Å². The van der Waals surface area contributed by atoms with Gasteiger partial charge in [0.15, 0.2) is 0 Å². The normalized spacial score (nSPS) is 11.8. The van der Waals surface area contributed by atoms with Gasteiger partial charge in [-0.15, -0.1) is 0 Å². The summed E-state index contributed by atoms with van der Waals surface area (Å²) in [5.74, 6) is -1.05. The Morgan fingerprint density at radius 1 is 1.30 bits per heavy atom. The number of rotatable bonds is 5. The van der Waals surface area contributed by atoms with Crippen LogP contribution in [0.4, 0.5) is 13.2 Å². The first kappa shape index (κ1) is 18.7. The molecule has 0 radical (unpaired) electrons. The van der Waals surface area contributed by atoms with Gasteiger partial charge in [-0.05, 0) is 37.6 Å². The second-order valence-corrected chi connectivity index (χ2v) is 5.09. The minimum absolute atomic E-state index is 0.222. The molecule has 0 fully saturated rings. The molecule has 0 saturated heterocycles. The quantitative estimate of drug-likeness (QED) is 0.616. The standard InChI is InChI=1S/C16H18F3NO3/c1-11(2)20(10-15(22)23-3)14(21)8-7-12-5-4-6-13(9-12)16(17,18)19/h4-9,11H,10H2,1-3H3/b8-7+. The van der Waals surface area contributed by atoms with Gasteiger partial charge in [0.2, 0.25) is 5.91 Å². The topological polar surface area (TPSA) is 46.6 Å². The van der Waals surface area contributed by atoms with Gasteiger partial charge in [-0.3, -0.25) is 9.59 Å². The maximum absolute atomic E-state index is 12.6. The Hall–Kier alpha value is -2.31. The zero-order chi connectivity index (χ0) is 17.6. The highest BCUT2D eigenvalue weighted by Gasteiger charge is 2.30. The van der Waals surface area contributed by atoms with Crippen LogP contribution in [0.2, 0.25) is 0 Å². The van der Waals surface area contributed by atoms with Crippen molar-refractivity contribution in [1.82, 2.24) is 4.90 Å². The number of hydrogen-bond acceptors (Lipinski definition) is 3. The summed E-state index contributed by atoms with van der Waals surface area (Å²) in [4.78, 5) is 24.7. The Morgan fingerprint density at radius 3 is 2.48 bits per heavy atom. The summed E-state index contributed by atoms with van der Waals surface area (Å²) < 4.78 is 42.4. The van der Waals surface area contributed by atoms with E-state index in [-0.39, 0.29) is 18.2 Å². The van der Waals surface area contributed by atoms with Crippen LogP contribution >= 0.6 is 0 Å².